The first-order valence-corrected chi connectivity index (χ1v) is 10.7. The number of rotatable bonds is 5. The molecule has 0 unspecified atom stereocenters. The Morgan fingerprint density at radius 2 is 1.78 bits per heavy atom. The number of hydrogen-bond acceptors (Lipinski definition) is 3. The van der Waals surface area contributed by atoms with Gasteiger partial charge in [0.15, 0.2) is 5.16 Å². The van der Waals surface area contributed by atoms with Crippen molar-refractivity contribution in [2.45, 2.75) is 48.9 Å². The number of thioether (sulfide) groups is 1. The lowest BCUT2D eigenvalue weighted by molar-refractivity contribution is 0.423. The molecule has 0 radical (unpaired) electrons. The lowest BCUT2D eigenvalue weighted by Gasteiger charge is -2.22. The minimum atomic E-state index is -0.284. The lowest BCUT2D eigenvalue weighted by Crippen LogP contribution is -2.11. The SMILES string of the molecule is Fc1cccc(Cl)c1CSc1nnc(C2CCCCC2)n1-c1ccccc1. The van der Waals surface area contributed by atoms with Gasteiger partial charge < -0.3 is 0 Å². The molecule has 1 saturated carbocycles. The number of aromatic nitrogens is 3. The van der Waals surface area contributed by atoms with Crippen molar-refractivity contribution in [1.82, 2.24) is 14.8 Å². The molecule has 0 amide bonds. The van der Waals surface area contributed by atoms with E-state index in [2.05, 4.69) is 26.9 Å². The molecule has 3 nitrogen and oxygen atoms in total. The van der Waals surface area contributed by atoms with Crippen molar-refractivity contribution in [1.29, 1.82) is 0 Å². The predicted molar refractivity (Wildman–Crippen MR) is 108 cm³/mol. The van der Waals surface area contributed by atoms with Crippen LogP contribution >= 0.6 is 23.4 Å². The van der Waals surface area contributed by atoms with E-state index in [-0.39, 0.29) is 5.82 Å². The zero-order valence-electron chi connectivity index (χ0n) is 14.9. The van der Waals surface area contributed by atoms with Crippen LogP contribution in [0, 0.1) is 5.82 Å². The Morgan fingerprint density at radius 1 is 1.00 bits per heavy atom. The maximum Gasteiger partial charge on any atom is 0.196 e. The molecule has 0 atom stereocenters. The van der Waals surface area contributed by atoms with Crippen LogP contribution in [0.1, 0.15) is 49.4 Å². The smallest absolute Gasteiger partial charge is 0.196 e. The summed E-state index contributed by atoms with van der Waals surface area (Å²) in [6.07, 6.45) is 6.06. The normalized spacial score (nSPS) is 15.2. The highest BCUT2D eigenvalue weighted by atomic mass is 35.5. The molecule has 0 spiro atoms. The van der Waals surface area contributed by atoms with E-state index in [1.54, 1.807) is 12.1 Å². The van der Waals surface area contributed by atoms with Crippen LogP contribution in [0.2, 0.25) is 5.02 Å². The Morgan fingerprint density at radius 3 is 2.52 bits per heavy atom. The molecule has 1 aliphatic carbocycles. The third kappa shape index (κ3) is 4.04. The Kier molecular flexibility index (Phi) is 5.79. The summed E-state index contributed by atoms with van der Waals surface area (Å²) in [5.74, 6) is 1.58. The van der Waals surface area contributed by atoms with Crippen LogP contribution in [0.15, 0.2) is 53.7 Å². The summed E-state index contributed by atoms with van der Waals surface area (Å²) in [6.45, 7) is 0. The van der Waals surface area contributed by atoms with Gasteiger partial charge in [-0.3, -0.25) is 4.57 Å². The molecule has 0 saturated heterocycles. The summed E-state index contributed by atoms with van der Waals surface area (Å²) < 4.78 is 16.3. The summed E-state index contributed by atoms with van der Waals surface area (Å²) in [7, 11) is 0. The van der Waals surface area contributed by atoms with Crippen LogP contribution in [0.3, 0.4) is 0 Å². The minimum Gasteiger partial charge on any atom is -0.274 e. The van der Waals surface area contributed by atoms with Gasteiger partial charge in [0.05, 0.1) is 0 Å². The molecule has 0 aliphatic heterocycles. The standard InChI is InChI=1S/C21H21ClFN3S/c22-18-12-7-13-19(23)17(18)14-27-21-25-24-20(15-8-3-1-4-9-15)26(21)16-10-5-2-6-11-16/h2,5-7,10-13,15H,1,3-4,8-9,14H2. The lowest BCUT2D eigenvalue weighted by atomic mass is 9.88. The van der Waals surface area contributed by atoms with Gasteiger partial charge in [-0.2, -0.15) is 0 Å². The van der Waals surface area contributed by atoms with Crippen LogP contribution in [-0.2, 0) is 5.75 Å². The largest absolute Gasteiger partial charge is 0.274 e. The molecule has 2 aromatic carbocycles. The number of para-hydroxylation sites is 1. The highest BCUT2D eigenvalue weighted by Gasteiger charge is 2.24. The molecule has 1 aromatic heterocycles. The quantitative estimate of drug-likeness (QED) is 0.463. The highest BCUT2D eigenvalue weighted by Crippen LogP contribution is 2.36. The highest BCUT2D eigenvalue weighted by molar-refractivity contribution is 7.98. The second-order valence-corrected chi connectivity index (χ2v) is 8.19. The van der Waals surface area contributed by atoms with Crippen molar-refractivity contribution in [3.63, 3.8) is 0 Å². The van der Waals surface area contributed by atoms with Crippen LogP contribution < -0.4 is 0 Å². The van der Waals surface area contributed by atoms with E-state index < -0.39 is 0 Å². The Balaban J connectivity index is 1.67. The zero-order valence-corrected chi connectivity index (χ0v) is 16.5. The number of hydrogen-bond donors (Lipinski definition) is 0. The zero-order chi connectivity index (χ0) is 18.6. The van der Waals surface area contributed by atoms with Crippen molar-refractivity contribution in [3.8, 4) is 5.69 Å². The van der Waals surface area contributed by atoms with Crippen molar-refractivity contribution in [2.24, 2.45) is 0 Å². The van der Waals surface area contributed by atoms with Gasteiger partial charge in [-0.1, -0.05) is 66.9 Å². The van der Waals surface area contributed by atoms with Gasteiger partial charge >= 0.3 is 0 Å². The third-order valence-electron chi connectivity index (χ3n) is 5.05. The fourth-order valence-corrected chi connectivity index (χ4v) is 4.93. The van der Waals surface area contributed by atoms with Gasteiger partial charge in [-0.25, -0.2) is 4.39 Å². The topological polar surface area (TPSA) is 30.7 Å². The fourth-order valence-electron chi connectivity index (χ4n) is 3.63. The molecule has 27 heavy (non-hydrogen) atoms. The summed E-state index contributed by atoms with van der Waals surface area (Å²) in [6, 6.07) is 14.9. The molecule has 1 aliphatic rings. The summed E-state index contributed by atoms with van der Waals surface area (Å²) in [5, 5.41) is 10.2. The van der Waals surface area contributed by atoms with Crippen LogP contribution in [0.5, 0.6) is 0 Å². The van der Waals surface area contributed by atoms with E-state index in [4.69, 9.17) is 11.6 Å². The fraction of sp³-hybridized carbons (Fsp3) is 0.333. The first kappa shape index (κ1) is 18.5. The molecule has 0 bridgehead atoms. The molecule has 3 aromatic rings. The molecular weight excluding hydrogens is 381 g/mol. The van der Waals surface area contributed by atoms with Crippen molar-refractivity contribution >= 4 is 23.4 Å². The van der Waals surface area contributed by atoms with Crippen molar-refractivity contribution < 1.29 is 4.39 Å². The molecular formula is C21H21ClFN3S. The number of halogens is 2. The second kappa shape index (κ2) is 8.44. The van der Waals surface area contributed by atoms with Crippen molar-refractivity contribution in [3.05, 3.63) is 70.8 Å². The van der Waals surface area contributed by atoms with Gasteiger partial charge in [0.25, 0.3) is 0 Å². The van der Waals surface area contributed by atoms with Gasteiger partial charge in [-0.15, -0.1) is 10.2 Å². The average Bonchev–Trinajstić information content (AvgIpc) is 3.13. The summed E-state index contributed by atoms with van der Waals surface area (Å²) in [5.41, 5.74) is 1.55. The Labute approximate surface area is 168 Å². The predicted octanol–water partition coefficient (Wildman–Crippen LogP) is 6.40. The minimum absolute atomic E-state index is 0.284. The first-order valence-electron chi connectivity index (χ1n) is 9.30. The van der Waals surface area contributed by atoms with E-state index in [0.717, 1.165) is 29.5 Å². The van der Waals surface area contributed by atoms with E-state index in [1.807, 2.05) is 18.2 Å². The Hall–Kier alpha value is -1.85. The van der Waals surface area contributed by atoms with Crippen LogP contribution in [0.25, 0.3) is 5.69 Å². The second-order valence-electron chi connectivity index (χ2n) is 6.84. The summed E-state index contributed by atoms with van der Waals surface area (Å²) in [4.78, 5) is 0. The number of benzene rings is 2. The molecule has 1 fully saturated rings. The molecule has 140 valence electrons. The first-order chi connectivity index (χ1) is 13.2. The molecule has 6 heteroatoms. The molecule has 4 rings (SSSR count). The maximum atomic E-state index is 14.1. The molecule has 1 heterocycles. The third-order valence-corrected chi connectivity index (χ3v) is 6.36. The van der Waals surface area contributed by atoms with Gasteiger partial charge in [0, 0.05) is 27.9 Å². The van der Waals surface area contributed by atoms with Crippen LogP contribution in [0.4, 0.5) is 4.39 Å². The monoisotopic (exact) mass is 401 g/mol. The van der Waals surface area contributed by atoms with E-state index in [0.29, 0.717) is 22.3 Å². The average molecular weight is 402 g/mol. The van der Waals surface area contributed by atoms with E-state index >= 15 is 0 Å². The Bertz CT molecular complexity index is 887. The summed E-state index contributed by atoms with van der Waals surface area (Å²) >= 11 is 7.66. The van der Waals surface area contributed by atoms with E-state index in [9.17, 15) is 4.39 Å². The van der Waals surface area contributed by atoms with Gasteiger partial charge in [0.2, 0.25) is 0 Å². The molecule has 0 N–H and O–H groups in total. The van der Waals surface area contributed by atoms with Gasteiger partial charge in [-0.05, 0) is 37.1 Å². The van der Waals surface area contributed by atoms with Crippen molar-refractivity contribution in [2.75, 3.05) is 0 Å². The van der Waals surface area contributed by atoms with Gasteiger partial charge in [0.1, 0.15) is 11.6 Å². The van der Waals surface area contributed by atoms with Crippen LogP contribution in [-0.4, -0.2) is 14.8 Å². The maximum absolute atomic E-state index is 14.1. The van der Waals surface area contributed by atoms with E-state index in [1.165, 1.54) is 37.1 Å². The number of nitrogens with zero attached hydrogens (tertiary/aromatic N) is 3.